The minimum absolute atomic E-state index is 0.0340. The van der Waals surface area contributed by atoms with Gasteiger partial charge in [0.1, 0.15) is 25.4 Å². The molecule has 0 unspecified atom stereocenters. The van der Waals surface area contributed by atoms with E-state index in [4.69, 9.17) is 52.1 Å². The molecule has 2 aliphatic heterocycles. The molecular weight excluding hydrogens is 997 g/mol. The van der Waals surface area contributed by atoms with Gasteiger partial charge in [0.05, 0.1) is 40.0 Å². The lowest BCUT2D eigenvalue weighted by Crippen LogP contribution is -2.67. The molecule has 2 saturated heterocycles. The van der Waals surface area contributed by atoms with Crippen LogP contribution in [0, 0.1) is 0 Å². The van der Waals surface area contributed by atoms with Gasteiger partial charge >= 0.3 is 41.8 Å². The molecular formula is C59H52O18. The molecule has 0 aliphatic carbocycles. The zero-order valence-corrected chi connectivity index (χ0v) is 41.3. The molecule has 396 valence electrons. The fourth-order valence-corrected chi connectivity index (χ4v) is 8.29. The Morgan fingerprint density at radius 1 is 0.390 bits per heavy atom. The van der Waals surface area contributed by atoms with Crippen molar-refractivity contribution in [1.82, 2.24) is 0 Å². The van der Waals surface area contributed by atoms with Crippen molar-refractivity contribution in [1.29, 1.82) is 0 Å². The highest BCUT2D eigenvalue weighted by atomic mass is 16.8. The number of ether oxygens (including phenoxy) is 11. The molecule has 77 heavy (non-hydrogen) atoms. The van der Waals surface area contributed by atoms with Crippen LogP contribution in [0.2, 0.25) is 0 Å². The van der Waals surface area contributed by atoms with Gasteiger partial charge < -0.3 is 52.1 Å². The zero-order chi connectivity index (χ0) is 54.1. The summed E-state index contributed by atoms with van der Waals surface area (Å²) in [4.78, 5) is 97.2. The van der Waals surface area contributed by atoms with Gasteiger partial charge in [-0.1, -0.05) is 115 Å². The third-order valence-corrected chi connectivity index (χ3v) is 11.9. The van der Waals surface area contributed by atoms with E-state index in [1.807, 2.05) is 0 Å². The molecule has 2 heterocycles. The Kier molecular flexibility index (Phi) is 18.8. The second kappa shape index (κ2) is 26.6. The number of esters is 7. The van der Waals surface area contributed by atoms with Crippen LogP contribution in [-0.4, -0.2) is 123 Å². The predicted octanol–water partition coefficient (Wildman–Crippen LogP) is 7.57. The number of hydrogen-bond donors (Lipinski definition) is 0. The van der Waals surface area contributed by atoms with Crippen molar-refractivity contribution >= 4 is 41.8 Å². The highest BCUT2D eigenvalue weighted by molar-refractivity contribution is 5.92. The fourth-order valence-electron chi connectivity index (χ4n) is 8.29. The van der Waals surface area contributed by atoms with Gasteiger partial charge in [-0.3, -0.25) is 4.79 Å². The standard InChI is InChI=1S/C59H52O18/c1-3-34-67-58-50(48(75-56(65)42-30-18-8-19-31-42)46(73-54(63)40-26-14-6-15-27-40)44(71-58)35-68-52(61)38-22-10-4-11-23-38)77-59-51(70-37(2)60)49(76-57(66)43-32-20-9-21-33-43)47(74-55(64)41-28-16-7-17-29-41)45(72-59)36-69-53(62)39-24-12-5-13-25-39/h3-33,44-51,58-59H,1,34-36H2,2H3/t44-,45-,46-,47-,48+,49+,50+,51+,58+,59-/m1/s1. The zero-order valence-electron chi connectivity index (χ0n) is 41.3. The van der Waals surface area contributed by atoms with E-state index in [-0.39, 0.29) is 40.0 Å². The highest BCUT2D eigenvalue weighted by Gasteiger charge is 2.58. The first-order chi connectivity index (χ1) is 37.5. The first kappa shape index (κ1) is 54.5. The van der Waals surface area contributed by atoms with Gasteiger partial charge in [-0.15, -0.1) is 6.58 Å². The number of carbonyl (C=O) groups excluding carboxylic acids is 7. The normalized spacial score (nSPS) is 22.7. The molecule has 0 spiro atoms. The second-order valence-corrected chi connectivity index (χ2v) is 17.3. The number of carbonyl (C=O) groups is 7. The van der Waals surface area contributed by atoms with E-state index in [0.29, 0.717) is 0 Å². The summed E-state index contributed by atoms with van der Waals surface area (Å²) < 4.78 is 68.3. The number of hydrogen-bond acceptors (Lipinski definition) is 18. The van der Waals surface area contributed by atoms with Gasteiger partial charge in [0.15, 0.2) is 49.2 Å². The van der Waals surface area contributed by atoms with Gasteiger partial charge in [0.2, 0.25) is 0 Å². The summed E-state index contributed by atoms with van der Waals surface area (Å²) >= 11 is 0. The molecule has 8 rings (SSSR count). The van der Waals surface area contributed by atoms with Crippen molar-refractivity contribution in [3.63, 3.8) is 0 Å². The predicted molar refractivity (Wildman–Crippen MR) is 270 cm³/mol. The van der Waals surface area contributed by atoms with Crippen molar-refractivity contribution in [3.05, 3.63) is 228 Å². The number of rotatable bonds is 20. The van der Waals surface area contributed by atoms with E-state index in [9.17, 15) is 33.6 Å². The summed E-state index contributed by atoms with van der Waals surface area (Å²) in [6.45, 7) is 3.24. The van der Waals surface area contributed by atoms with Gasteiger partial charge in [-0.25, -0.2) is 28.8 Å². The van der Waals surface area contributed by atoms with Crippen LogP contribution in [0.5, 0.6) is 0 Å². The summed E-state index contributed by atoms with van der Waals surface area (Å²) in [5.74, 6) is -6.36. The Labute approximate surface area is 442 Å². The first-order valence-electron chi connectivity index (χ1n) is 24.3. The van der Waals surface area contributed by atoms with Crippen LogP contribution in [0.15, 0.2) is 195 Å². The molecule has 18 heteroatoms. The molecule has 2 aliphatic rings. The molecule has 0 saturated carbocycles. The number of benzene rings is 6. The van der Waals surface area contributed by atoms with E-state index in [1.165, 1.54) is 78.9 Å². The van der Waals surface area contributed by atoms with Crippen LogP contribution >= 0.6 is 0 Å². The Morgan fingerprint density at radius 3 is 1.01 bits per heavy atom. The van der Waals surface area contributed by atoms with Gasteiger partial charge in [-0.05, 0) is 72.8 Å². The highest BCUT2D eigenvalue weighted by Crippen LogP contribution is 2.37. The minimum Gasteiger partial charge on any atom is -0.459 e. The minimum atomic E-state index is -1.97. The summed E-state index contributed by atoms with van der Waals surface area (Å²) in [6.07, 6.45) is -16.1. The SMILES string of the molecule is C=CCO[C@H]1O[C@H](COC(=O)c2ccccc2)[C@@H](OC(=O)c2ccccc2)[C@H](OC(=O)c2ccccc2)[C@@H]1O[C@H]1O[C@H](COC(=O)c2ccccc2)[C@@H](OC(=O)c2ccccc2)[C@H](OC(=O)c2ccccc2)[C@@H]1OC(C)=O. The lowest BCUT2D eigenvalue weighted by molar-refractivity contribution is -0.364. The van der Waals surface area contributed by atoms with Crippen LogP contribution in [-0.2, 0) is 56.9 Å². The summed E-state index contributed by atoms with van der Waals surface area (Å²) in [6, 6.07) is 47.1. The van der Waals surface area contributed by atoms with Crippen LogP contribution < -0.4 is 0 Å². The van der Waals surface area contributed by atoms with Crippen molar-refractivity contribution in [2.45, 2.75) is 68.3 Å². The smallest absolute Gasteiger partial charge is 0.338 e. The summed E-state index contributed by atoms with van der Waals surface area (Å²) in [5, 5.41) is 0. The van der Waals surface area contributed by atoms with Crippen molar-refractivity contribution in [2.24, 2.45) is 0 Å². The molecule has 0 radical (unpaired) electrons. The molecule has 6 aromatic carbocycles. The van der Waals surface area contributed by atoms with Crippen LogP contribution in [0.25, 0.3) is 0 Å². The monoisotopic (exact) mass is 1050 g/mol. The average molecular weight is 1050 g/mol. The van der Waals surface area contributed by atoms with Gasteiger partial charge in [0.25, 0.3) is 0 Å². The molecule has 0 bridgehead atoms. The Morgan fingerprint density at radius 2 is 0.688 bits per heavy atom. The van der Waals surface area contributed by atoms with E-state index in [1.54, 1.807) is 109 Å². The maximum Gasteiger partial charge on any atom is 0.338 e. The summed E-state index contributed by atoms with van der Waals surface area (Å²) in [7, 11) is 0. The Balaban J connectivity index is 1.25. The molecule has 6 aromatic rings. The molecule has 2 fully saturated rings. The van der Waals surface area contributed by atoms with Crippen molar-refractivity contribution < 1.29 is 85.7 Å². The molecule has 18 nitrogen and oxygen atoms in total. The molecule has 10 atom stereocenters. The van der Waals surface area contributed by atoms with Gasteiger partial charge in [0, 0.05) is 6.92 Å². The molecule has 0 amide bonds. The largest absolute Gasteiger partial charge is 0.459 e. The van der Waals surface area contributed by atoms with Crippen LogP contribution in [0.1, 0.15) is 69.1 Å². The quantitative estimate of drug-likeness (QED) is 0.0409. The van der Waals surface area contributed by atoms with Crippen molar-refractivity contribution in [3.8, 4) is 0 Å². The summed E-state index contributed by atoms with van der Waals surface area (Å²) in [5.41, 5.74) is 0.535. The first-order valence-corrected chi connectivity index (χ1v) is 24.3. The average Bonchev–Trinajstić information content (AvgIpc) is 3.48. The lowest BCUT2D eigenvalue weighted by atomic mass is 9.96. The maximum absolute atomic E-state index is 14.4. The Hall–Kier alpha value is -8.81. The second-order valence-electron chi connectivity index (χ2n) is 17.3. The van der Waals surface area contributed by atoms with E-state index in [0.717, 1.165) is 6.92 Å². The Bertz CT molecular complexity index is 2940. The van der Waals surface area contributed by atoms with Gasteiger partial charge in [-0.2, -0.15) is 0 Å². The van der Waals surface area contributed by atoms with E-state index in [2.05, 4.69) is 6.58 Å². The maximum atomic E-state index is 14.4. The lowest BCUT2D eigenvalue weighted by Gasteiger charge is -2.48. The van der Waals surface area contributed by atoms with E-state index < -0.39 is 116 Å². The molecule has 0 N–H and O–H groups in total. The van der Waals surface area contributed by atoms with Crippen LogP contribution in [0.3, 0.4) is 0 Å². The van der Waals surface area contributed by atoms with Crippen molar-refractivity contribution in [2.75, 3.05) is 19.8 Å². The van der Waals surface area contributed by atoms with Crippen LogP contribution in [0.4, 0.5) is 0 Å². The third kappa shape index (κ3) is 14.3. The van der Waals surface area contributed by atoms with E-state index >= 15 is 0 Å². The molecule has 0 aromatic heterocycles. The third-order valence-electron chi connectivity index (χ3n) is 11.9. The topological polar surface area (TPSA) is 221 Å². The fraction of sp³-hybridized carbons (Fsp3) is 0.237.